The second-order valence-electron chi connectivity index (χ2n) is 8.81. The summed E-state index contributed by atoms with van der Waals surface area (Å²) >= 11 is 5.96. The average molecular weight is 590 g/mol. The highest BCUT2D eigenvalue weighted by Gasteiger charge is 2.22. The maximum atomic E-state index is 13.4. The number of methoxy groups -OCH3 is 1. The number of aliphatic hydroxyl groups is 1. The number of ether oxygens (including phenoxy) is 1. The highest BCUT2D eigenvalue weighted by molar-refractivity contribution is 7.92. The van der Waals surface area contributed by atoms with E-state index in [4.69, 9.17) is 21.4 Å². The van der Waals surface area contributed by atoms with Crippen LogP contribution in [0.5, 0.6) is 5.88 Å². The Kier molecular flexibility index (Phi) is 8.67. The molecule has 14 heteroatoms. The molecule has 1 atom stereocenters. The van der Waals surface area contributed by atoms with E-state index in [0.717, 1.165) is 18.2 Å². The van der Waals surface area contributed by atoms with Crippen molar-refractivity contribution in [2.75, 3.05) is 25.0 Å². The lowest BCUT2D eigenvalue weighted by Gasteiger charge is -2.14. The predicted octanol–water partition coefficient (Wildman–Crippen LogP) is 2.80. The Hall–Kier alpha value is -4.07. The highest BCUT2D eigenvalue weighted by Crippen LogP contribution is 2.32. The van der Waals surface area contributed by atoms with Gasteiger partial charge < -0.3 is 15.2 Å². The minimum atomic E-state index is -4.24. The summed E-state index contributed by atoms with van der Waals surface area (Å²) in [5.41, 5.74) is 1.04. The van der Waals surface area contributed by atoms with Crippen LogP contribution in [0.3, 0.4) is 0 Å². The fourth-order valence-corrected chi connectivity index (χ4v) is 5.52. The molecule has 0 fully saturated rings. The first-order chi connectivity index (χ1) is 19.0. The van der Waals surface area contributed by atoms with E-state index in [1.165, 1.54) is 30.3 Å². The van der Waals surface area contributed by atoms with Crippen molar-refractivity contribution in [3.8, 4) is 17.0 Å². The molecule has 0 saturated carbocycles. The van der Waals surface area contributed by atoms with Gasteiger partial charge in [-0.15, -0.1) is 0 Å². The topological polar surface area (TPSA) is 153 Å². The van der Waals surface area contributed by atoms with Crippen LogP contribution in [-0.2, 0) is 21.4 Å². The van der Waals surface area contributed by atoms with E-state index < -0.39 is 21.8 Å². The van der Waals surface area contributed by atoms with Crippen LogP contribution in [0.15, 0.2) is 64.7 Å². The lowest BCUT2D eigenvalue weighted by Crippen LogP contribution is -2.35. The fourth-order valence-electron chi connectivity index (χ4n) is 3.94. The molecule has 0 aliphatic rings. The number of nitrogens with zero attached hydrogens (tertiary/aromatic N) is 3. The molecule has 1 unspecified atom stereocenters. The normalized spacial score (nSPS) is 12.2. The van der Waals surface area contributed by atoms with E-state index in [-0.39, 0.29) is 58.0 Å². The molecule has 0 saturated heterocycles. The zero-order valence-corrected chi connectivity index (χ0v) is 23.0. The Balaban J connectivity index is 1.69. The molecule has 2 aromatic carbocycles. The van der Waals surface area contributed by atoms with Crippen molar-refractivity contribution in [2.24, 2.45) is 5.92 Å². The minimum Gasteiger partial charge on any atom is -0.480 e. The van der Waals surface area contributed by atoms with Crippen LogP contribution in [0.2, 0.25) is 5.02 Å². The van der Waals surface area contributed by atoms with Gasteiger partial charge >= 0.3 is 0 Å². The number of carbonyl (C=O) groups is 1. The van der Waals surface area contributed by atoms with Gasteiger partial charge in [-0.25, -0.2) is 22.8 Å². The quantitative estimate of drug-likeness (QED) is 0.255. The molecule has 0 spiro atoms. The van der Waals surface area contributed by atoms with Crippen molar-refractivity contribution in [1.29, 1.82) is 0 Å². The molecule has 40 heavy (non-hydrogen) atoms. The summed E-state index contributed by atoms with van der Waals surface area (Å²) in [6.45, 7) is 1.65. The average Bonchev–Trinajstić information content (AvgIpc) is 2.92. The van der Waals surface area contributed by atoms with Crippen LogP contribution >= 0.6 is 11.6 Å². The number of halogens is 2. The van der Waals surface area contributed by atoms with E-state index in [1.54, 1.807) is 25.1 Å². The Morgan fingerprint density at radius 3 is 2.65 bits per heavy atom. The predicted molar refractivity (Wildman–Crippen MR) is 147 cm³/mol. The summed E-state index contributed by atoms with van der Waals surface area (Å²) in [7, 11) is -2.92. The molecular formula is C26H25ClFN5O6S. The van der Waals surface area contributed by atoms with Crippen molar-refractivity contribution in [1.82, 2.24) is 19.9 Å². The number of sulfonamides is 1. The maximum Gasteiger partial charge on any atom is 0.263 e. The minimum absolute atomic E-state index is 0.00759. The number of aromatic nitrogens is 3. The monoisotopic (exact) mass is 589 g/mol. The molecule has 210 valence electrons. The molecule has 0 radical (unpaired) electrons. The van der Waals surface area contributed by atoms with Gasteiger partial charge in [0.15, 0.2) is 0 Å². The Bertz CT molecular complexity index is 1750. The van der Waals surface area contributed by atoms with E-state index in [9.17, 15) is 22.4 Å². The van der Waals surface area contributed by atoms with Gasteiger partial charge in [-0.3, -0.25) is 18.9 Å². The number of hydrogen-bond donors (Lipinski definition) is 3. The molecule has 4 aromatic rings. The number of rotatable bonds is 10. The van der Waals surface area contributed by atoms with Gasteiger partial charge in [0.1, 0.15) is 16.4 Å². The molecule has 2 heterocycles. The summed E-state index contributed by atoms with van der Waals surface area (Å²) in [6.07, 6.45) is 2.81. The molecular weight excluding hydrogens is 565 g/mol. The zero-order chi connectivity index (χ0) is 29.0. The van der Waals surface area contributed by atoms with Crippen LogP contribution in [0.4, 0.5) is 10.1 Å². The lowest BCUT2D eigenvalue weighted by atomic mass is 10.0. The van der Waals surface area contributed by atoms with Gasteiger partial charge in [-0.2, -0.15) is 0 Å². The van der Waals surface area contributed by atoms with Crippen molar-refractivity contribution in [2.45, 2.75) is 18.4 Å². The van der Waals surface area contributed by atoms with Crippen LogP contribution < -0.4 is 20.3 Å². The number of anilines is 1. The Morgan fingerprint density at radius 1 is 1.18 bits per heavy atom. The first-order valence-electron chi connectivity index (χ1n) is 11.9. The third-order valence-corrected chi connectivity index (χ3v) is 7.81. The molecule has 3 N–H and O–H groups in total. The number of nitrogens with one attached hydrogen (secondary N) is 2. The number of fused-ring (bicyclic) bond motifs is 1. The maximum absolute atomic E-state index is 13.4. The first-order valence-corrected chi connectivity index (χ1v) is 13.8. The SMILES string of the molecule is COc1ncc(-c2ccc3ncn(CC(C)C(=O)NCCO)c(=O)c3c2)cc1NS(=O)(=O)c1ccc(F)cc1Cl. The first kappa shape index (κ1) is 28.9. The standard InChI is InChI=1S/C26H25ClFN5O6S/c1-15(24(35)29-7-8-34)13-33-14-31-21-5-3-16(9-19(21)26(33)36)17-10-22(25(39-2)30-12-17)32-40(37,38)23-6-4-18(28)11-20(23)27/h3-6,9-12,14-15,32,34H,7-8,13H2,1-2H3,(H,29,35). The van der Waals surface area contributed by atoms with Gasteiger partial charge in [-0.05, 0) is 42.0 Å². The van der Waals surface area contributed by atoms with Crippen LogP contribution in [0, 0.1) is 11.7 Å². The molecule has 0 bridgehead atoms. The number of aliphatic hydroxyl groups excluding tert-OH is 1. The summed E-state index contributed by atoms with van der Waals surface area (Å²) in [4.78, 5) is 33.6. The van der Waals surface area contributed by atoms with E-state index in [2.05, 4.69) is 20.0 Å². The Labute approximate surface area is 233 Å². The van der Waals surface area contributed by atoms with Gasteiger partial charge in [0.25, 0.3) is 15.6 Å². The van der Waals surface area contributed by atoms with Crippen LogP contribution in [0.25, 0.3) is 22.0 Å². The van der Waals surface area contributed by atoms with E-state index >= 15 is 0 Å². The van der Waals surface area contributed by atoms with Crippen molar-refractivity contribution in [3.63, 3.8) is 0 Å². The number of amides is 1. The van der Waals surface area contributed by atoms with Gasteiger partial charge in [-0.1, -0.05) is 24.6 Å². The third-order valence-electron chi connectivity index (χ3n) is 5.96. The lowest BCUT2D eigenvalue weighted by molar-refractivity contribution is -0.125. The molecule has 4 rings (SSSR count). The molecule has 2 aromatic heterocycles. The summed E-state index contributed by atoms with van der Waals surface area (Å²) in [6, 6.07) is 9.32. The van der Waals surface area contributed by atoms with Crippen molar-refractivity contribution >= 4 is 44.1 Å². The van der Waals surface area contributed by atoms with Gasteiger partial charge in [0.2, 0.25) is 11.8 Å². The summed E-state index contributed by atoms with van der Waals surface area (Å²) in [5, 5.41) is 11.5. The smallest absolute Gasteiger partial charge is 0.263 e. The number of carbonyl (C=O) groups excluding carboxylic acids is 1. The van der Waals surface area contributed by atoms with Crippen molar-refractivity contribution in [3.05, 3.63) is 76.2 Å². The van der Waals surface area contributed by atoms with Gasteiger partial charge in [0, 0.05) is 24.8 Å². The summed E-state index contributed by atoms with van der Waals surface area (Å²) < 4.78 is 48.4. The number of pyridine rings is 1. The van der Waals surface area contributed by atoms with Gasteiger partial charge in [0.05, 0.1) is 41.9 Å². The van der Waals surface area contributed by atoms with E-state index in [1.807, 2.05) is 0 Å². The Morgan fingerprint density at radius 2 is 1.95 bits per heavy atom. The number of benzene rings is 2. The number of hydrogen-bond acceptors (Lipinski definition) is 8. The summed E-state index contributed by atoms with van der Waals surface area (Å²) in [5.74, 6) is -1.57. The van der Waals surface area contributed by atoms with E-state index in [0.29, 0.717) is 16.6 Å². The molecule has 1 amide bonds. The molecule has 11 nitrogen and oxygen atoms in total. The van der Waals surface area contributed by atoms with Crippen molar-refractivity contribution < 1.29 is 27.4 Å². The molecule has 0 aliphatic carbocycles. The second-order valence-corrected chi connectivity index (χ2v) is 10.9. The largest absolute Gasteiger partial charge is 0.480 e. The highest BCUT2D eigenvalue weighted by atomic mass is 35.5. The second kappa shape index (κ2) is 12.0. The fraction of sp³-hybridized carbons (Fsp3) is 0.231. The zero-order valence-electron chi connectivity index (χ0n) is 21.4. The van der Waals surface area contributed by atoms with Crippen LogP contribution in [-0.4, -0.2) is 54.2 Å². The molecule has 0 aliphatic heterocycles. The third kappa shape index (κ3) is 6.22. The van der Waals surface area contributed by atoms with Crippen LogP contribution in [0.1, 0.15) is 6.92 Å².